The van der Waals surface area contributed by atoms with Crippen LogP contribution in [0.1, 0.15) is 19.3 Å². The first-order chi connectivity index (χ1) is 7.78. The lowest BCUT2D eigenvalue weighted by molar-refractivity contribution is 0.0912. The molecule has 2 N–H and O–H groups in total. The van der Waals surface area contributed by atoms with Gasteiger partial charge in [0, 0.05) is 12.5 Å². The van der Waals surface area contributed by atoms with E-state index in [1.54, 1.807) is 12.3 Å². The summed E-state index contributed by atoms with van der Waals surface area (Å²) >= 11 is 0. The Bertz CT molecular complexity index is 367. The number of pyridine rings is 1. The molecular weight excluding hydrogens is 204 g/mol. The largest absolute Gasteiger partial charge is 0.485 e. The number of ether oxygens (including phenoxy) is 2. The van der Waals surface area contributed by atoms with Crippen molar-refractivity contribution >= 4 is 5.82 Å². The first-order valence-corrected chi connectivity index (χ1v) is 5.77. The van der Waals surface area contributed by atoms with Crippen LogP contribution in [0, 0.1) is 5.92 Å². The third kappa shape index (κ3) is 1.73. The number of nitrogen functional groups attached to an aromatic ring is 1. The summed E-state index contributed by atoms with van der Waals surface area (Å²) in [4.78, 5) is 4.04. The second-order valence-electron chi connectivity index (χ2n) is 4.65. The van der Waals surface area contributed by atoms with E-state index in [0.29, 0.717) is 11.7 Å². The fraction of sp³-hybridized carbons (Fsp3) is 0.583. The molecule has 2 aliphatic rings. The summed E-state index contributed by atoms with van der Waals surface area (Å²) in [5.74, 6) is 1.89. The number of aromatic nitrogens is 1. The fourth-order valence-electron chi connectivity index (χ4n) is 2.35. The molecule has 1 atom stereocenters. The Balaban J connectivity index is 1.71. The van der Waals surface area contributed by atoms with E-state index in [0.717, 1.165) is 38.2 Å². The Morgan fingerprint density at radius 3 is 2.88 bits per heavy atom. The highest BCUT2D eigenvalue weighted by atomic mass is 16.5. The molecule has 2 heterocycles. The predicted octanol–water partition coefficient (Wildman–Crippen LogP) is 1.61. The summed E-state index contributed by atoms with van der Waals surface area (Å²) in [6.07, 6.45) is 5.07. The second kappa shape index (κ2) is 3.63. The lowest BCUT2D eigenvalue weighted by atomic mass is 9.99. The minimum atomic E-state index is 0.0221. The van der Waals surface area contributed by atoms with Crippen molar-refractivity contribution in [2.24, 2.45) is 5.92 Å². The number of nitrogens with two attached hydrogens (primary N) is 1. The predicted molar refractivity (Wildman–Crippen MR) is 60.2 cm³/mol. The van der Waals surface area contributed by atoms with Crippen molar-refractivity contribution in [3.8, 4) is 5.75 Å². The van der Waals surface area contributed by atoms with E-state index in [-0.39, 0.29) is 5.60 Å². The molecule has 1 saturated heterocycles. The van der Waals surface area contributed by atoms with Crippen LogP contribution in [0.15, 0.2) is 18.3 Å². The van der Waals surface area contributed by atoms with Gasteiger partial charge in [0.25, 0.3) is 0 Å². The first kappa shape index (κ1) is 9.90. The van der Waals surface area contributed by atoms with Gasteiger partial charge in [-0.2, -0.15) is 0 Å². The Morgan fingerprint density at radius 1 is 1.44 bits per heavy atom. The number of nitrogens with zero attached hydrogens (tertiary/aromatic N) is 1. The van der Waals surface area contributed by atoms with Gasteiger partial charge >= 0.3 is 0 Å². The van der Waals surface area contributed by atoms with E-state index in [1.807, 2.05) is 6.07 Å². The van der Waals surface area contributed by atoms with Crippen LogP contribution in [-0.4, -0.2) is 23.8 Å². The van der Waals surface area contributed by atoms with Crippen molar-refractivity contribution in [1.29, 1.82) is 0 Å². The zero-order valence-electron chi connectivity index (χ0n) is 9.19. The molecule has 0 bridgehead atoms. The van der Waals surface area contributed by atoms with Crippen LogP contribution in [0.2, 0.25) is 0 Å². The Hall–Kier alpha value is -1.29. The maximum absolute atomic E-state index is 6.05. The van der Waals surface area contributed by atoms with E-state index >= 15 is 0 Å². The average Bonchev–Trinajstić information content (AvgIpc) is 2.86. The molecule has 0 spiro atoms. The lowest BCUT2D eigenvalue weighted by Crippen LogP contribution is -2.29. The third-order valence-corrected chi connectivity index (χ3v) is 3.50. The number of hydrogen-bond donors (Lipinski definition) is 1. The molecule has 4 nitrogen and oxygen atoms in total. The van der Waals surface area contributed by atoms with Gasteiger partial charge in [0.15, 0.2) is 0 Å². The Morgan fingerprint density at radius 2 is 2.31 bits per heavy atom. The molecule has 0 amide bonds. The highest BCUT2D eigenvalue weighted by Crippen LogP contribution is 2.48. The monoisotopic (exact) mass is 220 g/mol. The van der Waals surface area contributed by atoms with E-state index in [9.17, 15) is 0 Å². The van der Waals surface area contributed by atoms with Crippen LogP contribution in [0.4, 0.5) is 5.82 Å². The van der Waals surface area contributed by atoms with Crippen LogP contribution in [0.3, 0.4) is 0 Å². The van der Waals surface area contributed by atoms with Crippen LogP contribution in [-0.2, 0) is 4.74 Å². The van der Waals surface area contributed by atoms with Crippen LogP contribution in [0.25, 0.3) is 0 Å². The van der Waals surface area contributed by atoms with Crippen molar-refractivity contribution in [2.45, 2.75) is 24.9 Å². The SMILES string of the molecule is Nc1ccc(OC2([C@@H]3CCOC3)CC2)cn1. The lowest BCUT2D eigenvalue weighted by Gasteiger charge is -2.23. The summed E-state index contributed by atoms with van der Waals surface area (Å²) in [6, 6.07) is 3.66. The molecule has 0 aromatic carbocycles. The zero-order valence-corrected chi connectivity index (χ0v) is 9.19. The van der Waals surface area contributed by atoms with Gasteiger partial charge < -0.3 is 15.2 Å². The number of hydrogen-bond acceptors (Lipinski definition) is 4. The van der Waals surface area contributed by atoms with Crippen molar-refractivity contribution in [1.82, 2.24) is 4.98 Å². The van der Waals surface area contributed by atoms with E-state index in [2.05, 4.69) is 4.98 Å². The van der Waals surface area contributed by atoms with Gasteiger partial charge in [0.1, 0.15) is 17.2 Å². The van der Waals surface area contributed by atoms with Crippen molar-refractivity contribution in [3.63, 3.8) is 0 Å². The van der Waals surface area contributed by atoms with Gasteiger partial charge in [-0.15, -0.1) is 0 Å². The fourth-order valence-corrected chi connectivity index (χ4v) is 2.35. The van der Waals surface area contributed by atoms with Gasteiger partial charge in [-0.05, 0) is 31.4 Å². The standard InChI is InChI=1S/C12H16N2O2/c13-11-2-1-10(7-14-11)16-12(4-5-12)9-3-6-15-8-9/h1-2,7,9H,3-6,8H2,(H2,13,14)/t9-/m1/s1. The van der Waals surface area contributed by atoms with Gasteiger partial charge in [0.05, 0.1) is 12.8 Å². The maximum atomic E-state index is 6.05. The summed E-state index contributed by atoms with van der Waals surface area (Å²) in [7, 11) is 0. The van der Waals surface area contributed by atoms with Crippen molar-refractivity contribution in [2.75, 3.05) is 18.9 Å². The minimum absolute atomic E-state index is 0.0221. The van der Waals surface area contributed by atoms with Crippen LogP contribution >= 0.6 is 0 Å². The Kier molecular flexibility index (Phi) is 2.24. The molecule has 86 valence electrons. The van der Waals surface area contributed by atoms with Crippen LogP contribution in [0.5, 0.6) is 5.75 Å². The topological polar surface area (TPSA) is 57.4 Å². The molecule has 16 heavy (non-hydrogen) atoms. The molecule has 0 unspecified atom stereocenters. The Labute approximate surface area is 94.8 Å². The summed E-state index contributed by atoms with van der Waals surface area (Å²) < 4.78 is 11.5. The first-order valence-electron chi connectivity index (χ1n) is 5.77. The van der Waals surface area contributed by atoms with E-state index in [1.165, 1.54) is 0 Å². The highest BCUT2D eigenvalue weighted by Gasteiger charge is 2.53. The van der Waals surface area contributed by atoms with Gasteiger partial charge in [0.2, 0.25) is 0 Å². The molecule has 1 aromatic rings. The molecule has 4 heteroatoms. The second-order valence-corrected chi connectivity index (χ2v) is 4.65. The number of rotatable bonds is 3. The molecular formula is C12H16N2O2. The maximum Gasteiger partial charge on any atom is 0.138 e. The van der Waals surface area contributed by atoms with Crippen molar-refractivity contribution in [3.05, 3.63) is 18.3 Å². The van der Waals surface area contributed by atoms with E-state index in [4.69, 9.17) is 15.2 Å². The zero-order chi connectivity index (χ0) is 11.0. The molecule has 0 radical (unpaired) electrons. The smallest absolute Gasteiger partial charge is 0.138 e. The average molecular weight is 220 g/mol. The molecule has 1 aromatic heterocycles. The van der Waals surface area contributed by atoms with Crippen LogP contribution < -0.4 is 10.5 Å². The minimum Gasteiger partial charge on any atom is -0.485 e. The summed E-state index contributed by atoms with van der Waals surface area (Å²) in [5, 5.41) is 0. The van der Waals surface area contributed by atoms with Crippen molar-refractivity contribution < 1.29 is 9.47 Å². The quantitative estimate of drug-likeness (QED) is 0.840. The molecule has 3 rings (SSSR count). The van der Waals surface area contributed by atoms with Gasteiger partial charge in [-0.1, -0.05) is 0 Å². The summed E-state index contributed by atoms with van der Waals surface area (Å²) in [5.41, 5.74) is 5.56. The van der Waals surface area contributed by atoms with Gasteiger partial charge in [-0.3, -0.25) is 0 Å². The molecule has 1 aliphatic heterocycles. The normalized spacial score (nSPS) is 26.6. The van der Waals surface area contributed by atoms with E-state index < -0.39 is 0 Å². The molecule has 1 saturated carbocycles. The third-order valence-electron chi connectivity index (χ3n) is 3.50. The van der Waals surface area contributed by atoms with Gasteiger partial charge in [-0.25, -0.2) is 4.98 Å². The number of anilines is 1. The summed E-state index contributed by atoms with van der Waals surface area (Å²) in [6.45, 7) is 1.71. The highest BCUT2D eigenvalue weighted by molar-refractivity contribution is 5.33. The molecule has 1 aliphatic carbocycles. The molecule has 2 fully saturated rings.